The van der Waals surface area contributed by atoms with Crippen molar-refractivity contribution < 1.29 is 29.7 Å². The van der Waals surface area contributed by atoms with Crippen LogP contribution in [0.15, 0.2) is 47.1 Å². The van der Waals surface area contributed by atoms with Crippen molar-refractivity contribution in [2.75, 3.05) is 6.61 Å². The lowest BCUT2D eigenvalue weighted by molar-refractivity contribution is -0.146. The van der Waals surface area contributed by atoms with Crippen LogP contribution in [0.2, 0.25) is 0 Å². The summed E-state index contributed by atoms with van der Waals surface area (Å²) >= 11 is 0. The molecule has 0 saturated heterocycles. The molecule has 8 heteroatoms. The first kappa shape index (κ1) is 26.9. The fourth-order valence-electron chi connectivity index (χ4n) is 8.12. The van der Waals surface area contributed by atoms with Crippen molar-refractivity contribution in [3.63, 3.8) is 0 Å². The van der Waals surface area contributed by atoms with Gasteiger partial charge in [0.2, 0.25) is 0 Å². The van der Waals surface area contributed by atoms with Crippen LogP contribution in [0.1, 0.15) is 76.9 Å². The zero-order valence-corrected chi connectivity index (χ0v) is 22.3. The van der Waals surface area contributed by atoms with Gasteiger partial charge in [-0.2, -0.15) is 0 Å². The number of oxime groups is 1. The zero-order valence-electron chi connectivity index (χ0n) is 22.3. The first-order valence-corrected chi connectivity index (χ1v) is 14.0. The van der Waals surface area contributed by atoms with E-state index in [1.54, 1.807) is 30.3 Å². The van der Waals surface area contributed by atoms with E-state index in [1.165, 1.54) is 5.57 Å². The van der Waals surface area contributed by atoms with E-state index in [9.17, 15) is 24.9 Å². The Kier molecular flexibility index (Phi) is 7.40. The van der Waals surface area contributed by atoms with E-state index in [0.29, 0.717) is 23.3 Å². The van der Waals surface area contributed by atoms with Gasteiger partial charge in [0.25, 0.3) is 5.91 Å². The number of nitrogens with zero attached hydrogens (tertiary/aromatic N) is 1. The molecule has 4 aliphatic rings. The standard InChI is InChI=1S/C30H40N2O6/c1-29-14-12-20(16-19(29)8-9-21-22-10-11-24(33)30(22,2)15-13-23(21)29)32-38-17-25(34)31-26(28(36)37)27(35)18-6-4-3-5-7-18/h3-7,16,21-24,26-27,33,35H,8-15,17H2,1-2H3,(H,31,34)(H,36,37)/t21-,22-,23-,24-,26+,27-,29+,30+/m1/s1. The first-order valence-electron chi connectivity index (χ1n) is 14.0. The van der Waals surface area contributed by atoms with E-state index < -0.39 is 30.6 Å². The molecule has 0 heterocycles. The highest BCUT2D eigenvalue weighted by Crippen LogP contribution is 2.65. The molecule has 4 N–H and O–H groups in total. The molecule has 0 unspecified atom stereocenters. The number of rotatable bonds is 7. The number of carboxylic acids is 1. The van der Waals surface area contributed by atoms with Crippen molar-refractivity contribution in [3.05, 3.63) is 47.5 Å². The van der Waals surface area contributed by atoms with Crippen LogP contribution >= 0.6 is 0 Å². The van der Waals surface area contributed by atoms with E-state index in [-0.39, 0.29) is 16.9 Å². The lowest BCUT2D eigenvalue weighted by atomic mass is 9.47. The molecule has 3 fully saturated rings. The van der Waals surface area contributed by atoms with Gasteiger partial charge in [0.15, 0.2) is 12.6 Å². The van der Waals surface area contributed by atoms with Crippen LogP contribution in [0, 0.1) is 28.6 Å². The molecule has 38 heavy (non-hydrogen) atoms. The summed E-state index contributed by atoms with van der Waals surface area (Å²) in [5, 5.41) is 37.2. The minimum atomic E-state index is -1.49. The summed E-state index contributed by atoms with van der Waals surface area (Å²) in [7, 11) is 0. The number of hydrogen-bond donors (Lipinski definition) is 4. The van der Waals surface area contributed by atoms with Crippen molar-refractivity contribution in [1.82, 2.24) is 5.32 Å². The molecule has 8 atom stereocenters. The molecule has 1 amide bonds. The minimum Gasteiger partial charge on any atom is -0.480 e. The molecule has 3 saturated carbocycles. The molecule has 4 aliphatic carbocycles. The number of aliphatic hydroxyl groups excluding tert-OH is 2. The average Bonchev–Trinajstić information content (AvgIpc) is 3.21. The SMILES string of the molecule is C[C@]12CC[C@@H]3[C@H](CCC4=CC(=NOCC(=O)N[C@H](C(=O)O)[C@H](O)c5ccccc5)CC[C@@]43C)[C@H]1CC[C@H]2O. The van der Waals surface area contributed by atoms with Crippen molar-refractivity contribution in [1.29, 1.82) is 0 Å². The van der Waals surface area contributed by atoms with E-state index >= 15 is 0 Å². The molecule has 1 aromatic rings. The van der Waals surface area contributed by atoms with E-state index in [1.807, 2.05) is 0 Å². The Labute approximate surface area is 224 Å². The number of aliphatic hydroxyl groups is 2. The van der Waals surface area contributed by atoms with Gasteiger partial charge in [-0.25, -0.2) is 4.79 Å². The summed E-state index contributed by atoms with van der Waals surface area (Å²) in [6, 6.07) is 6.87. The highest BCUT2D eigenvalue weighted by Gasteiger charge is 2.58. The fourth-order valence-corrected chi connectivity index (χ4v) is 8.12. The van der Waals surface area contributed by atoms with Gasteiger partial charge < -0.3 is 25.5 Å². The Bertz CT molecular complexity index is 1120. The minimum absolute atomic E-state index is 0.0746. The van der Waals surface area contributed by atoms with Crippen LogP contribution in [-0.2, 0) is 14.4 Å². The Balaban J connectivity index is 1.19. The Morgan fingerprint density at radius 1 is 1.08 bits per heavy atom. The van der Waals surface area contributed by atoms with Gasteiger partial charge in [0.05, 0.1) is 11.8 Å². The smallest absolute Gasteiger partial charge is 0.329 e. The van der Waals surface area contributed by atoms with Crippen LogP contribution in [0.25, 0.3) is 0 Å². The number of nitrogens with one attached hydrogen (secondary N) is 1. The molecule has 0 spiro atoms. The highest BCUT2D eigenvalue weighted by atomic mass is 16.6. The molecular weight excluding hydrogens is 484 g/mol. The quantitative estimate of drug-likeness (QED) is 0.400. The third-order valence-electron chi connectivity index (χ3n) is 10.3. The number of amides is 1. The zero-order chi connectivity index (χ0) is 27.1. The number of carbonyl (C=O) groups excluding carboxylic acids is 1. The van der Waals surface area contributed by atoms with Crippen LogP contribution in [0.3, 0.4) is 0 Å². The topological polar surface area (TPSA) is 128 Å². The van der Waals surface area contributed by atoms with Gasteiger partial charge in [-0.3, -0.25) is 4.79 Å². The molecule has 1 aromatic carbocycles. The number of aliphatic carboxylic acids is 1. The van der Waals surface area contributed by atoms with Crippen molar-refractivity contribution >= 4 is 17.6 Å². The molecule has 0 radical (unpaired) electrons. The molecule has 8 nitrogen and oxygen atoms in total. The molecule has 5 rings (SSSR count). The summed E-state index contributed by atoms with van der Waals surface area (Å²) in [5.74, 6) is -0.0813. The summed E-state index contributed by atoms with van der Waals surface area (Å²) < 4.78 is 0. The number of allylic oxidation sites excluding steroid dienone is 2. The van der Waals surface area contributed by atoms with Crippen LogP contribution in [0.5, 0.6) is 0 Å². The second kappa shape index (κ2) is 10.5. The molecule has 0 aliphatic heterocycles. The van der Waals surface area contributed by atoms with E-state index in [4.69, 9.17) is 4.84 Å². The maximum atomic E-state index is 12.4. The van der Waals surface area contributed by atoms with Crippen molar-refractivity contribution in [2.24, 2.45) is 33.7 Å². The second-order valence-corrected chi connectivity index (χ2v) is 12.2. The van der Waals surface area contributed by atoms with Crippen LogP contribution in [-0.4, -0.2) is 51.7 Å². The normalized spacial score (nSPS) is 36.7. The third-order valence-corrected chi connectivity index (χ3v) is 10.3. The number of carboxylic acid groups (broad SMARTS) is 1. The number of benzene rings is 1. The monoisotopic (exact) mass is 524 g/mol. The van der Waals surface area contributed by atoms with Gasteiger partial charge in [-0.15, -0.1) is 0 Å². The Morgan fingerprint density at radius 3 is 2.58 bits per heavy atom. The van der Waals surface area contributed by atoms with Gasteiger partial charge in [-0.1, -0.05) is 54.9 Å². The maximum absolute atomic E-state index is 12.4. The first-order chi connectivity index (χ1) is 18.1. The van der Waals surface area contributed by atoms with Gasteiger partial charge in [0.1, 0.15) is 6.10 Å². The summed E-state index contributed by atoms with van der Waals surface area (Å²) in [6.07, 6.45) is 8.86. The number of carbonyl (C=O) groups is 2. The second-order valence-electron chi connectivity index (χ2n) is 12.2. The fraction of sp³-hybridized carbons (Fsp3) is 0.633. The van der Waals surface area contributed by atoms with Gasteiger partial charge in [0, 0.05) is 0 Å². The molecule has 206 valence electrons. The van der Waals surface area contributed by atoms with Crippen molar-refractivity contribution in [3.8, 4) is 0 Å². The summed E-state index contributed by atoms with van der Waals surface area (Å²) in [4.78, 5) is 29.4. The summed E-state index contributed by atoms with van der Waals surface area (Å²) in [5.41, 5.74) is 2.83. The Hall–Kier alpha value is -2.71. The van der Waals surface area contributed by atoms with Crippen LogP contribution < -0.4 is 5.32 Å². The third kappa shape index (κ3) is 4.77. The molecule has 0 aromatic heterocycles. The van der Waals surface area contributed by atoms with Gasteiger partial charge in [-0.05, 0) is 91.6 Å². The largest absolute Gasteiger partial charge is 0.480 e. The summed E-state index contributed by atoms with van der Waals surface area (Å²) in [6.45, 7) is 4.28. The molecular formula is C30H40N2O6. The van der Waals surface area contributed by atoms with Crippen LogP contribution in [0.4, 0.5) is 0 Å². The maximum Gasteiger partial charge on any atom is 0.329 e. The lowest BCUT2D eigenvalue weighted by Gasteiger charge is -2.57. The Morgan fingerprint density at radius 2 is 1.84 bits per heavy atom. The lowest BCUT2D eigenvalue weighted by Crippen LogP contribution is -2.51. The van der Waals surface area contributed by atoms with Crippen molar-refractivity contribution in [2.45, 2.75) is 83.5 Å². The highest BCUT2D eigenvalue weighted by molar-refractivity contribution is 5.96. The van der Waals surface area contributed by atoms with Gasteiger partial charge >= 0.3 is 5.97 Å². The predicted octanol–water partition coefficient (Wildman–Crippen LogP) is 3.99. The van der Waals surface area contributed by atoms with E-state index in [0.717, 1.165) is 57.1 Å². The number of fused-ring (bicyclic) bond motifs is 5. The molecule has 0 bridgehead atoms. The van der Waals surface area contributed by atoms with E-state index in [2.05, 4.69) is 30.4 Å². The number of hydrogen-bond acceptors (Lipinski definition) is 6. The predicted molar refractivity (Wildman–Crippen MR) is 142 cm³/mol. The average molecular weight is 525 g/mol.